The van der Waals surface area contributed by atoms with Gasteiger partial charge in [-0.2, -0.15) is 0 Å². The minimum atomic E-state index is -3.72. The van der Waals surface area contributed by atoms with Crippen molar-refractivity contribution in [3.63, 3.8) is 0 Å². The maximum atomic E-state index is 12.0. The predicted molar refractivity (Wildman–Crippen MR) is 95.1 cm³/mol. The molecule has 3 aromatic rings. The van der Waals surface area contributed by atoms with Gasteiger partial charge in [-0.15, -0.1) is 0 Å². The molecular weight excluding hydrogens is 356 g/mol. The zero-order valence-corrected chi connectivity index (χ0v) is 14.9. The third-order valence-electron chi connectivity index (χ3n) is 3.67. The van der Waals surface area contributed by atoms with Gasteiger partial charge in [0, 0.05) is 18.9 Å². The molecule has 0 aliphatic rings. The van der Waals surface area contributed by atoms with E-state index < -0.39 is 10.0 Å². The number of aryl methyl sites for hydroxylation is 1. The first-order valence-corrected chi connectivity index (χ1v) is 9.33. The molecule has 2 aromatic heterocycles. The molecule has 26 heavy (non-hydrogen) atoms. The van der Waals surface area contributed by atoms with Crippen molar-refractivity contribution in [3.8, 4) is 5.75 Å². The molecule has 3 N–H and O–H groups in total. The minimum Gasteiger partial charge on any atom is -0.480 e. The van der Waals surface area contributed by atoms with Gasteiger partial charge in [0.25, 0.3) is 5.91 Å². The van der Waals surface area contributed by atoms with Gasteiger partial charge in [0.15, 0.2) is 18.0 Å². The van der Waals surface area contributed by atoms with Crippen LogP contribution in [-0.2, 0) is 21.4 Å². The van der Waals surface area contributed by atoms with Crippen LogP contribution in [0.2, 0.25) is 0 Å². The standard InChI is InChI=1S/C17H18N4O4S/c1-12-10-21-8-2-3-15(17(21)20-12)25-11-16(22)19-9-13-4-6-14(7-5-13)26(18,23)24/h2-8,10H,9,11H2,1H3,(H,19,22)(H2,18,23,24). The number of hydrogen-bond donors (Lipinski definition) is 2. The lowest BCUT2D eigenvalue weighted by molar-refractivity contribution is -0.123. The first kappa shape index (κ1) is 17.9. The fraction of sp³-hybridized carbons (Fsp3) is 0.176. The molecule has 0 radical (unpaired) electrons. The largest absolute Gasteiger partial charge is 0.480 e. The molecule has 0 atom stereocenters. The highest BCUT2D eigenvalue weighted by Gasteiger charge is 2.09. The van der Waals surface area contributed by atoms with Crippen molar-refractivity contribution in [1.82, 2.24) is 14.7 Å². The molecule has 2 heterocycles. The van der Waals surface area contributed by atoms with Crippen LogP contribution in [0.1, 0.15) is 11.3 Å². The minimum absolute atomic E-state index is 0.0268. The maximum Gasteiger partial charge on any atom is 0.258 e. The molecule has 0 aliphatic heterocycles. The van der Waals surface area contributed by atoms with Gasteiger partial charge in [0.05, 0.1) is 10.6 Å². The summed E-state index contributed by atoms with van der Waals surface area (Å²) in [5.74, 6) is 0.221. The van der Waals surface area contributed by atoms with Gasteiger partial charge in [0.1, 0.15) is 0 Å². The number of fused-ring (bicyclic) bond motifs is 1. The van der Waals surface area contributed by atoms with Crippen molar-refractivity contribution >= 4 is 21.6 Å². The summed E-state index contributed by atoms with van der Waals surface area (Å²) in [6, 6.07) is 9.54. The van der Waals surface area contributed by atoms with E-state index in [1.165, 1.54) is 12.1 Å². The van der Waals surface area contributed by atoms with Gasteiger partial charge in [-0.3, -0.25) is 4.79 Å². The van der Waals surface area contributed by atoms with Crippen LogP contribution < -0.4 is 15.2 Å². The van der Waals surface area contributed by atoms with E-state index in [1.54, 1.807) is 18.2 Å². The van der Waals surface area contributed by atoms with Crippen molar-refractivity contribution in [1.29, 1.82) is 0 Å². The summed E-state index contributed by atoms with van der Waals surface area (Å²) in [4.78, 5) is 16.4. The highest BCUT2D eigenvalue weighted by Crippen LogP contribution is 2.18. The Morgan fingerprint density at radius 1 is 1.27 bits per heavy atom. The van der Waals surface area contributed by atoms with Gasteiger partial charge in [0.2, 0.25) is 10.0 Å². The van der Waals surface area contributed by atoms with Crippen LogP contribution in [0.4, 0.5) is 0 Å². The van der Waals surface area contributed by atoms with E-state index in [9.17, 15) is 13.2 Å². The second-order valence-electron chi connectivity index (χ2n) is 5.74. The first-order chi connectivity index (χ1) is 12.3. The number of nitrogens with two attached hydrogens (primary N) is 1. The van der Waals surface area contributed by atoms with Crippen molar-refractivity contribution in [2.75, 3.05) is 6.61 Å². The SMILES string of the molecule is Cc1cn2cccc(OCC(=O)NCc3ccc(S(N)(=O)=O)cc3)c2n1. The highest BCUT2D eigenvalue weighted by molar-refractivity contribution is 7.89. The molecule has 3 rings (SSSR count). The number of pyridine rings is 1. The molecule has 0 saturated heterocycles. The number of sulfonamides is 1. The maximum absolute atomic E-state index is 12.0. The second-order valence-corrected chi connectivity index (χ2v) is 7.30. The fourth-order valence-corrected chi connectivity index (χ4v) is 2.93. The Kier molecular flexibility index (Phi) is 4.92. The highest BCUT2D eigenvalue weighted by atomic mass is 32.2. The van der Waals surface area contributed by atoms with Gasteiger partial charge >= 0.3 is 0 Å². The summed E-state index contributed by atoms with van der Waals surface area (Å²) in [7, 11) is -3.72. The number of aromatic nitrogens is 2. The zero-order chi connectivity index (χ0) is 18.7. The van der Waals surface area contributed by atoms with Gasteiger partial charge in [-0.1, -0.05) is 12.1 Å². The van der Waals surface area contributed by atoms with Gasteiger partial charge in [-0.25, -0.2) is 18.5 Å². The number of nitrogens with one attached hydrogen (secondary N) is 1. The zero-order valence-electron chi connectivity index (χ0n) is 14.0. The van der Waals surface area contributed by atoms with Crippen LogP contribution in [0.5, 0.6) is 5.75 Å². The number of primary sulfonamides is 1. The molecule has 0 saturated carbocycles. The number of benzene rings is 1. The van der Waals surface area contributed by atoms with E-state index in [-0.39, 0.29) is 24.0 Å². The Hall–Kier alpha value is -2.91. The summed E-state index contributed by atoms with van der Waals surface area (Å²) in [5.41, 5.74) is 2.25. The number of amides is 1. The molecular formula is C17H18N4O4S. The van der Waals surface area contributed by atoms with Crippen molar-refractivity contribution < 1.29 is 17.9 Å². The van der Waals surface area contributed by atoms with Crippen LogP contribution in [-0.4, -0.2) is 30.3 Å². The Balaban J connectivity index is 1.56. The summed E-state index contributed by atoms with van der Waals surface area (Å²) >= 11 is 0. The number of carbonyl (C=O) groups is 1. The van der Waals surface area contributed by atoms with E-state index in [2.05, 4.69) is 10.3 Å². The molecule has 0 fully saturated rings. The average molecular weight is 374 g/mol. The lowest BCUT2D eigenvalue weighted by Crippen LogP contribution is -2.28. The predicted octanol–water partition coefficient (Wildman–Crippen LogP) is 0.985. The molecule has 0 unspecified atom stereocenters. The fourth-order valence-electron chi connectivity index (χ4n) is 2.41. The Bertz CT molecular complexity index is 1040. The topological polar surface area (TPSA) is 116 Å². The van der Waals surface area contributed by atoms with Crippen LogP contribution >= 0.6 is 0 Å². The lowest BCUT2D eigenvalue weighted by atomic mass is 10.2. The van der Waals surface area contributed by atoms with E-state index in [0.717, 1.165) is 11.3 Å². The van der Waals surface area contributed by atoms with Crippen LogP contribution in [0, 0.1) is 6.92 Å². The van der Waals surface area contributed by atoms with E-state index >= 15 is 0 Å². The third-order valence-corrected chi connectivity index (χ3v) is 4.60. The summed E-state index contributed by atoms with van der Waals surface area (Å²) in [6.45, 7) is 1.98. The molecule has 8 nitrogen and oxygen atoms in total. The molecule has 1 amide bonds. The van der Waals surface area contributed by atoms with Gasteiger partial charge < -0.3 is 14.5 Å². The van der Waals surface area contributed by atoms with E-state index in [1.807, 2.05) is 29.8 Å². The van der Waals surface area contributed by atoms with Crippen LogP contribution in [0.15, 0.2) is 53.7 Å². The number of ether oxygens (including phenoxy) is 1. The Labute approximate surface area is 150 Å². The monoisotopic (exact) mass is 374 g/mol. The number of nitrogens with zero attached hydrogens (tertiary/aromatic N) is 2. The summed E-state index contributed by atoms with van der Waals surface area (Å²) in [5, 5.41) is 7.75. The number of imidazole rings is 1. The van der Waals surface area contributed by atoms with Crippen LogP contribution in [0.3, 0.4) is 0 Å². The smallest absolute Gasteiger partial charge is 0.258 e. The lowest BCUT2D eigenvalue weighted by Gasteiger charge is -2.08. The second kappa shape index (κ2) is 7.14. The van der Waals surface area contributed by atoms with Crippen LogP contribution in [0.25, 0.3) is 5.65 Å². The van der Waals surface area contributed by atoms with Gasteiger partial charge in [-0.05, 0) is 36.8 Å². The van der Waals surface area contributed by atoms with E-state index in [4.69, 9.17) is 9.88 Å². The molecule has 1 aromatic carbocycles. The first-order valence-electron chi connectivity index (χ1n) is 7.78. The number of rotatable bonds is 6. The van der Waals surface area contributed by atoms with Crippen molar-refractivity contribution in [3.05, 3.63) is 60.0 Å². The molecule has 9 heteroatoms. The molecule has 0 spiro atoms. The van der Waals surface area contributed by atoms with Crippen molar-refractivity contribution in [2.24, 2.45) is 5.14 Å². The summed E-state index contributed by atoms with van der Waals surface area (Å²) < 4.78 is 29.8. The molecule has 0 aliphatic carbocycles. The number of carbonyl (C=O) groups excluding carboxylic acids is 1. The molecule has 136 valence electrons. The third kappa shape index (κ3) is 4.19. The number of hydrogen-bond acceptors (Lipinski definition) is 5. The van der Waals surface area contributed by atoms with Crippen molar-refractivity contribution in [2.45, 2.75) is 18.4 Å². The quantitative estimate of drug-likeness (QED) is 0.667. The molecule has 0 bridgehead atoms. The Morgan fingerprint density at radius 3 is 2.69 bits per heavy atom. The normalized spacial score (nSPS) is 11.5. The van der Waals surface area contributed by atoms with E-state index in [0.29, 0.717) is 11.4 Å². The summed E-state index contributed by atoms with van der Waals surface area (Å²) in [6.07, 6.45) is 3.72. The Morgan fingerprint density at radius 2 is 2.00 bits per heavy atom. The average Bonchev–Trinajstić information content (AvgIpc) is 2.98.